The summed E-state index contributed by atoms with van der Waals surface area (Å²) < 4.78 is 32.5. The highest BCUT2D eigenvalue weighted by Gasteiger charge is 2.28. The highest BCUT2D eigenvalue weighted by atomic mass is 31.2. The van der Waals surface area contributed by atoms with Crippen molar-refractivity contribution in [1.82, 2.24) is 0 Å². The lowest BCUT2D eigenvalue weighted by Crippen LogP contribution is -2.34. The van der Waals surface area contributed by atoms with Gasteiger partial charge >= 0.3 is 25.7 Å². The van der Waals surface area contributed by atoms with Crippen LogP contribution >= 0.6 is 7.82 Å². The number of esters is 2. The molecule has 6 atom stereocenters. The minimum atomic E-state index is -4.82. The molecule has 0 bridgehead atoms. The third-order valence-corrected chi connectivity index (χ3v) is 10.1. The van der Waals surface area contributed by atoms with Gasteiger partial charge in [-0.15, -0.1) is 0 Å². The van der Waals surface area contributed by atoms with Gasteiger partial charge in [0.25, 0.3) is 0 Å². The summed E-state index contributed by atoms with van der Waals surface area (Å²) in [7, 11) is -4.82. The Morgan fingerprint density at radius 1 is 0.603 bits per heavy atom. The van der Waals surface area contributed by atoms with E-state index in [0.29, 0.717) is 6.42 Å². The molecule has 0 aliphatic carbocycles. The first-order valence-corrected chi connectivity index (χ1v) is 24.1. The van der Waals surface area contributed by atoms with Gasteiger partial charge in [0.15, 0.2) is 6.10 Å². The van der Waals surface area contributed by atoms with E-state index in [1.807, 2.05) is 0 Å². The van der Waals surface area contributed by atoms with Crippen LogP contribution in [0.25, 0.3) is 0 Å². The summed E-state index contributed by atoms with van der Waals surface area (Å²) in [5.41, 5.74) is 5.31. The number of aliphatic hydroxyl groups excluding tert-OH is 3. The molecule has 358 valence electrons. The number of phosphoric ester groups is 1. The lowest BCUT2D eigenvalue weighted by Gasteiger charge is -2.20. The number of ether oxygens (including phenoxy) is 2. The Morgan fingerprint density at radius 2 is 1.13 bits per heavy atom. The third kappa shape index (κ3) is 39.6. The molecule has 0 spiro atoms. The maximum absolute atomic E-state index is 12.7. The van der Waals surface area contributed by atoms with E-state index >= 15 is 0 Å². The molecule has 0 saturated carbocycles. The van der Waals surface area contributed by atoms with Crippen molar-refractivity contribution in [1.29, 1.82) is 0 Å². The minimum absolute atomic E-state index is 0.0442. The zero-order chi connectivity index (χ0) is 46.8. The quantitative estimate of drug-likeness (QED) is 0.0111. The number of phosphoric acid groups is 1. The van der Waals surface area contributed by atoms with Crippen molar-refractivity contribution < 1.29 is 62.8 Å². The lowest BCUT2D eigenvalue weighted by atomic mass is 10.1. The third-order valence-electron chi connectivity index (χ3n) is 9.17. The van der Waals surface area contributed by atoms with Crippen molar-refractivity contribution in [3.05, 3.63) is 97.2 Å². The van der Waals surface area contributed by atoms with Crippen LogP contribution in [-0.2, 0) is 37.5 Å². The molecule has 15 heteroatoms. The Hall–Kier alpha value is -3.72. The maximum Gasteiger partial charge on any atom is 0.472 e. The molecule has 7 N–H and O–H groups in total. The second-order valence-electron chi connectivity index (χ2n) is 15.0. The maximum atomic E-state index is 12.7. The number of nitrogens with two attached hydrogens (primary N) is 1. The largest absolute Gasteiger partial charge is 0.480 e. The predicted octanol–water partition coefficient (Wildman–Crippen LogP) is 8.97. The van der Waals surface area contributed by atoms with E-state index in [1.54, 1.807) is 42.5 Å². The van der Waals surface area contributed by atoms with Crippen LogP contribution in [0.3, 0.4) is 0 Å². The van der Waals surface area contributed by atoms with Gasteiger partial charge in [-0.05, 0) is 70.6 Å². The van der Waals surface area contributed by atoms with Gasteiger partial charge in [0.2, 0.25) is 0 Å². The average Bonchev–Trinajstić information content (AvgIpc) is 3.25. The molecule has 0 aliphatic heterocycles. The topological polar surface area (TPSA) is 232 Å². The molecule has 0 saturated heterocycles. The van der Waals surface area contributed by atoms with Crippen LogP contribution in [0.2, 0.25) is 0 Å². The monoisotopic (exact) mass is 908 g/mol. The first-order chi connectivity index (χ1) is 30.3. The molecule has 0 aliphatic rings. The van der Waals surface area contributed by atoms with Crippen molar-refractivity contribution in [3.63, 3.8) is 0 Å². The molecule has 63 heavy (non-hydrogen) atoms. The number of rotatable bonds is 40. The molecule has 0 fully saturated rings. The summed E-state index contributed by atoms with van der Waals surface area (Å²) >= 11 is 0. The number of aliphatic carboxylic acids is 1. The van der Waals surface area contributed by atoms with Gasteiger partial charge in [0, 0.05) is 12.8 Å². The van der Waals surface area contributed by atoms with E-state index in [1.165, 1.54) is 25.3 Å². The zero-order valence-corrected chi connectivity index (χ0v) is 38.6. The second-order valence-corrected chi connectivity index (χ2v) is 16.5. The molecule has 0 aromatic heterocycles. The summed E-state index contributed by atoms with van der Waals surface area (Å²) in [6.07, 6.45) is 41.2. The molecule has 14 nitrogen and oxygen atoms in total. The van der Waals surface area contributed by atoms with Gasteiger partial charge in [-0.25, -0.2) is 4.57 Å². The van der Waals surface area contributed by atoms with Gasteiger partial charge in [-0.2, -0.15) is 0 Å². The van der Waals surface area contributed by atoms with Crippen LogP contribution in [-0.4, -0.2) is 93.5 Å². The van der Waals surface area contributed by atoms with Gasteiger partial charge < -0.3 is 40.5 Å². The fourth-order valence-corrected chi connectivity index (χ4v) is 6.21. The predicted molar refractivity (Wildman–Crippen MR) is 248 cm³/mol. The highest BCUT2D eigenvalue weighted by Crippen LogP contribution is 2.43. The van der Waals surface area contributed by atoms with Crippen LogP contribution in [0.5, 0.6) is 0 Å². The Balaban J connectivity index is 4.74. The number of allylic oxidation sites excluding steroid dienone is 14. The number of carboxylic acids is 1. The molecule has 0 aromatic carbocycles. The number of aliphatic hydroxyl groups is 3. The Bertz CT molecular complexity index is 1490. The average molecular weight is 908 g/mol. The Morgan fingerprint density at radius 3 is 1.73 bits per heavy atom. The number of hydrogen-bond donors (Lipinski definition) is 6. The molecular weight excluding hydrogens is 829 g/mol. The van der Waals surface area contributed by atoms with Gasteiger partial charge in [-0.1, -0.05) is 150 Å². The van der Waals surface area contributed by atoms with Gasteiger partial charge in [0.05, 0.1) is 31.5 Å². The summed E-state index contributed by atoms with van der Waals surface area (Å²) in [5, 5.41) is 39.4. The van der Waals surface area contributed by atoms with E-state index in [0.717, 1.165) is 70.6 Å². The van der Waals surface area contributed by atoms with Crippen molar-refractivity contribution >= 4 is 25.7 Å². The SMILES string of the molecule is CCCCC/C=C\C/C=C\C/C=C\C/C=C\CCCCCC(=O)O[C@H](COC(=O)CCC[C@@H](O)[C@H](O)/C=C/C=C/C=C\C=C\[C@H](O)CCCCC)COP(=O)(O)OC[C@H](N)C(=O)O. The smallest absolute Gasteiger partial charge is 0.472 e. The number of carbonyl (C=O) groups is 3. The van der Waals surface area contributed by atoms with Crippen molar-refractivity contribution in [3.8, 4) is 0 Å². The van der Waals surface area contributed by atoms with Crippen molar-refractivity contribution in [2.75, 3.05) is 19.8 Å². The molecule has 0 amide bonds. The van der Waals surface area contributed by atoms with E-state index in [-0.39, 0.29) is 25.7 Å². The van der Waals surface area contributed by atoms with E-state index < -0.39 is 76.0 Å². The van der Waals surface area contributed by atoms with Crippen LogP contribution in [0.4, 0.5) is 0 Å². The standard InChI is InChI=1S/C48H78NO13P/c1-3-5-7-8-9-10-11-12-13-14-15-16-17-18-19-20-21-26-30-36-47(54)62-42(39-60-63(57,58)61-40-43(49)48(55)56)38-59-46(53)37-31-35-45(52)44(51)34-29-25-23-22-24-28-33-41(50)32-27-6-4-2/h9-10,12-13,15-16,18-19,22-25,28-29,33-34,41-45,50-52H,3-8,11,14,17,20-21,26-27,30-32,35-40,49H2,1-2H3,(H,55,56)(H,57,58)/b10-9-,13-12-,16-15-,19-18-,24-22-,25-23+,33-28+,34-29+/t41-,42-,43+,44-,45-/m1/s1. The molecule has 0 heterocycles. The van der Waals surface area contributed by atoms with Crippen LogP contribution in [0, 0.1) is 0 Å². The molecule has 0 aromatic rings. The van der Waals surface area contributed by atoms with Crippen LogP contribution in [0.1, 0.15) is 136 Å². The number of carbonyl (C=O) groups excluding carboxylic acids is 2. The summed E-state index contributed by atoms with van der Waals surface area (Å²) in [6.45, 7) is 2.27. The van der Waals surface area contributed by atoms with Gasteiger partial charge in [-0.3, -0.25) is 23.4 Å². The zero-order valence-electron chi connectivity index (χ0n) is 37.7. The van der Waals surface area contributed by atoms with E-state index in [2.05, 4.69) is 67.0 Å². The first kappa shape index (κ1) is 59.3. The fraction of sp³-hybridized carbons (Fsp3) is 0.604. The number of unbranched alkanes of at least 4 members (excludes halogenated alkanes) is 8. The molecular formula is C48H78NO13P. The summed E-state index contributed by atoms with van der Waals surface area (Å²) in [6, 6.07) is -1.58. The summed E-state index contributed by atoms with van der Waals surface area (Å²) in [4.78, 5) is 46.1. The minimum Gasteiger partial charge on any atom is -0.480 e. The van der Waals surface area contributed by atoms with Crippen molar-refractivity contribution in [2.24, 2.45) is 5.73 Å². The van der Waals surface area contributed by atoms with E-state index in [4.69, 9.17) is 24.8 Å². The van der Waals surface area contributed by atoms with Gasteiger partial charge in [0.1, 0.15) is 12.6 Å². The highest BCUT2D eigenvalue weighted by molar-refractivity contribution is 7.47. The Labute approximate surface area is 376 Å². The lowest BCUT2D eigenvalue weighted by molar-refractivity contribution is -0.161. The van der Waals surface area contributed by atoms with Crippen molar-refractivity contribution in [2.45, 2.75) is 166 Å². The summed E-state index contributed by atoms with van der Waals surface area (Å²) in [5.74, 6) is -2.81. The molecule has 0 radical (unpaired) electrons. The molecule has 0 rings (SSSR count). The first-order valence-electron chi connectivity index (χ1n) is 22.6. The van der Waals surface area contributed by atoms with Crippen LogP contribution in [0.15, 0.2) is 97.2 Å². The van der Waals surface area contributed by atoms with E-state index in [9.17, 15) is 39.2 Å². The van der Waals surface area contributed by atoms with Crippen LogP contribution < -0.4 is 5.73 Å². The molecule has 1 unspecified atom stereocenters. The second kappa shape index (κ2) is 41.0. The fourth-order valence-electron chi connectivity index (χ4n) is 5.43. The number of carboxylic acid groups (broad SMARTS) is 1. The number of hydrogen-bond acceptors (Lipinski definition) is 12. The normalized spacial score (nSPS) is 16.0. The Kier molecular flexibility index (Phi) is 38.6.